The monoisotopic (exact) mass is 370 g/mol. The fourth-order valence-electron chi connectivity index (χ4n) is 2.92. The highest BCUT2D eigenvalue weighted by Crippen LogP contribution is 2.33. The Morgan fingerprint density at radius 2 is 1.95 bits per heavy atom. The zero-order valence-electron chi connectivity index (χ0n) is 13.4. The third-order valence-electron chi connectivity index (χ3n) is 4.54. The van der Waals surface area contributed by atoms with E-state index in [1.807, 2.05) is 0 Å². The molecule has 0 radical (unpaired) electrons. The largest absolute Gasteiger partial charge is 0.329 e. The molecule has 4 heteroatoms. The van der Waals surface area contributed by atoms with Crippen molar-refractivity contribution in [2.45, 2.75) is 43.9 Å². The first-order valence-electron chi connectivity index (χ1n) is 7.68. The first kappa shape index (κ1) is 17.3. The van der Waals surface area contributed by atoms with Crippen LogP contribution in [0.15, 0.2) is 28.7 Å². The van der Waals surface area contributed by atoms with Crippen LogP contribution in [0.2, 0.25) is 0 Å². The molecule has 1 aliphatic heterocycles. The van der Waals surface area contributed by atoms with Crippen LogP contribution in [0.25, 0.3) is 0 Å². The summed E-state index contributed by atoms with van der Waals surface area (Å²) in [5.41, 5.74) is 7.59. The summed E-state index contributed by atoms with van der Waals surface area (Å²) in [5, 5.41) is 0. The molecule has 1 saturated heterocycles. The van der Waals surface area contributed by atoms with Crippen molar-refractivity contribution in [3.05, 3.63) is 34.3 Å². The maximum Gasteiger partial charge on any atom is 0.0344 e. The summed E-state index contributed by atoms with van der Waals surface area (Å²) < 4.78 is 1.52. The van der Waals surface area contributed by atoms with Gasteiger partial charge in [0, 0.05) is 40.1 Å². The van der Waals surface area contributed by atoms with E-state index in [4.69, 9.17) is 5.73 Å². The molecule has 1 unspecified atom stereocenters. The van der Waals surface area contributed by atoms with Gasteiger partial charge in [0.2, 0.25) is 0 Å². The first-order chi connectivity index (χ1) is 9.85. The Morgan fingerprint density at radius 3 is 2.57 bits per heavy atom. The van der Waals surface area contributed by atoms with E-state index in [9.17, 15) is 0 Å². The van der Waals surface area contributed by atoms with Gasteiger partial charge in [0.15, 0.2) is 0 Å². The van der Waals surface area contributed by atoms with E-state index in [1.54, 1.807) is 0 Å². The van der Waals surface area contributed by atoms with E-state index in [-0.39, 0.29) is 5.54 Å². The van der Waals surface area contributed by atoms with Gasteiger partial charge in [0.25, 0.3) is 0 Å². The second-order valence-electron chi connectivity index (χ2n) is 6.85. The van der Waals surface area contributed by atoms with E-state index in [1.165, 1.54) is 17.7 Å². The number of rotatable bonds is 4. The van der Waals surface area contributed by atoms with Crippen molar-refractivity contribution in [2.24, 2.45) is 5.73 Å². The minimum absolute atomic E-state index is 0.0504. The van der Waals surface area contributed by atoms with Gasteiger partial charge in [-0.15, -0.1) is 0 Å². The Bertz CT molecular complexity index is 460. The second kappa shape index (κ2) is 7.03. The van der Waals surface area contributed by atoms with E-state index >= 15 is 0 Å². The standard InChI is InChI=1S/C17H27BrN2S/c1-16(2)8-9-20(10-11-21-16)17(3,13-19)12-14-4-6-15(18)7-5-14/h4-7H,8-13,19H2,1-3H3. The maximum atomic E-state index is 6.18. The van der Waals surface area contributed by atoms with E-state index in [2.05, 4.69) is 77.6 Å². The highest BCUT2D eigenvalue weighted by molar-refractivity contribution is 9.10. The van der Waals surface area contributed by atoms with Crippen LogP contribution in [0.5, 0.6) is 0 Å². The molecule has 2 rings (SSSR count). The topological polar surface area (TPSA) is 29.3 Å². The normalized spacial score (nSPS) is 22.5. The molecule has 1 aromatic rings. The second-order valence-corrected chi connectivity index (χ2v) is 9.57. The average molecular weight is 371 g/mol. The fraction of sp³-hybridized carbons (Fsp3) is 0.647. The minimum Gasteiger partial charge on any atom is -0.329 e. The molecule has 2 nitrogen and oxygen atoms in total. The molecular weight excluding hydrogens is 344 g/mol. The molecular formula is C17H27BrN2S. The predicted molar refractivity (Wildman–Crippen MR) is 98.0 cm³/mol. The Hall–Kier alpha value is -0.0300. The SMILES string of the molecule is CC1(C)CCN(C(C)(CN)Cc2ccc(Br)cc2)CCS1. The Balaban J connectivity index is 2.10. The van der Waals surface area contributed by atoms with Crippen LogP contribution in [0, 0.1) is 0 Å². The molecule has 1 fully saturated rings. The van der Waals surface area contributed by atoms with Crippen molar-refractivity contribution in [3.8, 4) is 0 Å². The van der Waals surface area contributed by atoms with Crippen molar-refractivity contribution < 1.29 is 0 Å². The van der Waals surface area contributed by atoms with Gasteiger partial charge in [-0.2, -0.15) is 11.8 Å². The molecule has 0 aromatic heterocycles. The minimum atomic E-state index is 0.0504. The number of hydrogen-bond acceptors (Lipinski definition) is 3. The number of halogens is 1. The van der Waals surface area contributed by atoms with Crippen molar-refractivity contribution in [1.29, 1.82) is 0 Å². The lowest BCUT2D eigenvalue weighted by Crippen LogP contribution is -2.54. The Morgan fingerprint density at radius 1 is 1.29 bits per heavy atom. The molecule has 0 aliphatic carbocycles. The maximum absolute atomic E-state index is 6.18. The molecule has 1 atom stereocenters. The van der Waals surface area contributed by atoms with Crippen molar-refractivity contribution >= 4 is 27.7 Å². The van der Waals surface area contributed by atoms with Crippen LogP contribution in [-0.2, 0) is 6.42 Å². The molecule has 0 bridgehead atoms. The van der Waals surface area contributed by atoms with Crippen molar-refractivity contribution in [3.63, 3.8) is 0 Å². The third kappa shape index (κ3) is 4.72. The molecule has 0 spiro atoms. The number of nitrogens with two attached hydrogens (primary N) is 1. The van der Waals surface area contributed by atoms with Gasteiger partial charge in [-0.3, -0.25) is 4.90 Å². The van der Waals surface area contributed by atoms with Gasteiger partial charge in [0.1, 0.15) is 0 Å². The Labute approximate surface area is 142 Å². The highest BCUT2D eigenvalue weighted by Gasteiger charge is 2.34. The zero-order valence-corrected chi connectivity index (χ0v) is 15.8. The van der Waals surface area contributed by atoms with Crippen LogP contribution in [0.3, 0.4) is 0 Å². The quantitative estimate of drug-likeness (QED) is 0.870. The van der Waals surface area contributed by atoms with Gasteiger partial charge in [0.05, 0.1) is 0 Å². The van der Waals surface area contributed by atoms with Crippen LogP contribution in [0.4, 0.5) is 0 Å². The van der Waals surface area contributed by atoms with Crippen molar-refractivity contribution in [2.75, 3.05) is 25.4 Å². The number of thioether (sulfide) groups is 1. The van der Waals surface area contributed by atoms with Crippen LogP contribution in [0.1, 0.15) is 32.8 Å². The lowest BCUT2D eigenvalue weighted by molar-refractivity contribution is 0.116. The summed E-state index contributed by atoms with van der Waals surface area (Å²) in [5.74, 6) is 1.20. The summed E-state index contributed by atoms with van der Waals surface area (Å²) in [6.07, 6.45) is 2.25. The van der Waals surface area contributed by atoms with Gasteiger partial charge >= 0.3 is 0 Å². The lowest BCUT2D eigenvalue weighted by Gasteiger charge is -2.40. The van der Waals surface area contributed by atoms with Crippen molar-refractivity contribution in [1.82, 2.24) is 4.90 Å². The molecule has 118 valence electrons. The summed E-state index contributed by atoms with van der Waals surface area (Å²) in [4.78, 5) is 2.61. The molecule has 1 aromatic carbocycles. The fourth-order valence-corrected chi connectivity index (χ4v) is 4.28. The van der Waals surface area contributed by atoms with Crippen LogP contribution in [-0.4, -0.2) is 40.6 Å². The summed E-state index contributed by atoms with van der Waals surface area (Å²) in [6.45, 7) is 10.0. The average Bonchev–Trinajstić information content (AvgIpc) is 2.62. The molecule has 0 amide bonds. The van der Waals surface area contributed by atoms with Gasteiger partial charge in [-0.25, -0.2) is 0 Å². The first-order valence-corrected chi connectivity index (χ1v) is 9.46. The molecule has 1 heterocycles. The number of hydrogen-bond donors (Lipinski definition) is 1. The van der Waals surface area contributed by atoms with E-state index in [0.29, 0.717) is 11.3 Å². The predicted octanol–water partition coefficient (Wildman–Crippen LogP) is 3.93. The van der Waals surface area contributed by atoms with Crippen LogP contribution < -0.4 is 5.73 Å². The van der Waals surface area contributed by atoms with E-state index < -0.39 is 0 Å². The molecule has 0 saturated carbocycles. The van der Waals surface area contributed by atoms with Crippen LogP contribution >= 0.6 is 27.7 Å². The highest BCUT2D eigenvalue weighted by atomic mass is 79.9. The smallest absolute Gasteiger partial charge is 0.0344 e. The number of nitrogens with zero attached hydrogens (tertiary/aromatic N) is 1. The lowest BCUT2D eigenvalue weighted by atomic mass is 9.90. The summed E-state index contributed by atoms with van der Waals surface area (Å²) >= 11 is 5.59. The molecule has 2 N–H and O–H groups in total. The zero-order chi connectivity index (χ0) is 15.5. The Kier molecular flexibility index (Phi) is 5.80. The molecule has 1 aliphatic rings. The summed E-state index contributed by atoms with van der Waals surface area (Å²) in [7, 11) is 0. The molecule has 21 heavy (non-hydrogen) atoms. The van der Waals surface area contributed by atoms with Gasteiger partial charge in [-0.05, 0) is 37.5 Å². The van der Waals surface area contributed by atoms with E-state index in [0.717, 1.165) is 24.0 Å². The van der Waals surface area contributed by atoms with Gasteiger partial charge in [-0.1, -0.05) is 41.9 Å². The van der Waals surface area contributed by atoms with Gasteiger partial charge < -0.3 is 5.73 Å². The third-order valence-corrected chi connectivity index (χ3v) is 6.44. The number of benzene rings is 1. The summed E-state index contributed by atoms with van der Waals surface area (Å²) in [6, 6.07) is 8.64.